The fourth-order valence-corrected chi connectivity index (χ4v) is 2.69. The van der Waals surface area contributed by atoms with Crippen molar-refractivity contribution >= 4 is 10.9 Å². The van der Waals surface area contributed by atoms with Crippen LogP contribution in [0.1, 0.15) is 24.6 Å². The van der Waals surface area contributed by atoms with E-state index in [9.17, 15) is 0 Å². The lowest BCUT2D eigenvalue weighted by Crippen LogP contribution is -2.27. The number of aromatic nitrogens is 1. The third-order valence-electron chi connectivity index (χ3n) is 3.98. The van der Waals surface area contributed by atoms with Crippen molar-refractivity contribution in [1.82, 2.24) is 9.88 Å². The maximum atomic E-state index is 9.03. The summed E-state index contributed by atoms with van der Waals surface area (Å²) in [6, 6.07) is 10.8. The number of aryl methyl sites for hydroxylation is 1. The second-order valence-electron chi connectivity index (χ2n) is 5.52. The molecule has 20 heavy (non-hydrogen) atoms. The van der Waals surface area contributed by atoms with Crippen LogP contribution in [0.25, 0.3) is 10.9 Å². The maximum absolute atomic E-state index is 9.03. The lowest BCUT2D eigenvalue weighted by Gasteiger charge is -2.19. The number of nitrogens with one attached hydrogen (secondary N) is 1. The molecular formula is C17H23N3. The number of para-hydroxylation sites is 1. The second-order valence-corrected chi connectivity index (χ2v) is 5.52. The van der Waals surface area contributed by atoms with E-state index in [1.54, 1.807) is 0 Å². The Labute approximate surface area is 121 Å². The first kappa shape index (κ1) is 14.6. The highest BCUT2D eigenvalue weighted by Crippen LogP contribution is 2.22. The van der Waals surface area contributed by atoms with Gasteiger partial charge in [-0.05, 0) is 38.4 Å². The lowest BCUT2D eigenvalue weighted by atomic mass is 10.1. The van der Waals surface area contributed by atoms with Crippen LogP contribution in [0.15, 0.2) is 24.3 Å². The monoisotopic (exact) mass is 269 g/mol. The summed E-state index contributed by atoms with van der Waals surface area (Å²) in [5.41, 5.74) is 3.87. The van der Waals surface area contributed by atoms with Crippen LogP contribution in [0.3, 0.4) is 0 Å². The van der Waals surface area contributed by atoms with Crippen LogP contribution in [0.4, 0.5) is 0 Å². The average molecular weight is 269 g/mol. The van der Waals surface area contributed by atoms with Crippen LogP contribution in [-0.2, 0) is 6.42 Å². The summed E-state index contributed by atoms with van der Waals surface area (Å²) in [6.07, 6.45) is 1.95. The molecule has 0 spiro atoms. The summed E-state index contributed by atoms with van der Waals surface area (Å²) in [4.78, 5) is 5.71. The highest BCUT2D eigenvalue weighted by Gasteiger charge is 2.11. The molecule has 0 bridgehead atoms. The van der Waals surface area contributed by atoms with E-state index >= 15 is 0 Å². The largest absolute Gasteiger partial charge is 0.358 e. The Morgan fingerprint density at radius 3 is 2.80 bits per heavy atom. The molecular weight excluding hydrogens is 246 g/mol. The molecule has 106 valence electrons. The van der Waals surface area contributed by atoms with Gasteiger partial charge in [-0.1, -0.05) is 25.1 Å². The van der Waals surface area contributed by atoms with Gasteiger partial charge in [0, 0.05) is 29.7 Å². The van der Waals surface area contributed by atoms with Gasteiger partial charge in [0.25, 0.3) is 0 Å². The smallest absolute Gasteiger partial charge is 0.0669 e. The predicted octanol–water partition coefficient (Wildman–Crippen LogP) is 3.50. The third kappa shape index (κ3) is 3.20. The topological polar surface area (TPSA) is 42.8 Å². The number of rotatable bonds is 6. The van der Waals surface area contributed by atoms with E-state index in [4.69, 9.17) is 5.26 Å². The molecule has 1 aromatic carbocycles. The van der Waals surface area contributed by atoms with Gasteiger partial charge >= 0.3 is 0 Å². The molecule has 1 N–H and O–H groups in total. The summed E-state index contributed by atoms with van der Waals surface area (Å²) in [5, 5.41) is 10.4. The van der Waals surface area contributed by atoms with Gasteiger partial charge in [0.1, 0.15) is 0 Å². The fourth-order valence-electron chi connectivity index (χ4n) is 2.69. The average Bonchev–Trinajstić information content (AvgIpc) is 2.78. The molecule has 2 aromatic rings. The van der Waals surface area contributed by atoms with Crippen LogP contribution in [-0.4, -0.2) is 30.0 Å². The molecule has 0 saturated carbocycles. The van der Waals surface area contributed by atoms with Gasteiger partial charge in [0.2, 0.25) is 0 Å². The van der Waals surface area contributed by atoms with Crippen LogP contribution in [0, 0.1) is 24.2 Å². The molecule has 0 fully saturated rings. The Morgan fingerprint density at radius 2 is 2.10 bits per heavy atom. The van der Waals surface area contributed by atoms with Gasteiger partial charge in [-0.15, -0.1) is 0 Å². The van der Waals surface area contributed by atoms with Gasteiger partial charge in [-0.25, -0.2) is 0 Å². The summed E-state index contributed by atoms with van der Waals surface area (Å²) in [7, 11) is 2.10. The van der Waals surface area contributed by atoms with Crippen LogP contribution in [0.2, 0.25) is 0 Å². The van der Waals surface area contributed by atoms with Crippen molar-refractivity contribution < 1.29 is 0 Å². The lowest BCUT2D eigenvalue weighted by molar-refractivity contribution is 0.303. The molecule has 3 nitrogen and oxygen atoms in total. The third-order valence-corrected chi connectivity index (χ3v) is 3.98. The molecule has 3 heteroatoms. The van der Waals surface area contributed by atoms with Crippen LogP contribution >= 0.6 is 0 Å². The highest BCUT2D eigenvalue weighted by molar-refractivity contribution is 5.84. The number of aromatic amines is 1. The van der Waals surface area contributed by atoms with Crippen LogP contribution in [0.5, 0.6) is 0 Å². The molecule has 0 aliphatic heterocycles. The van der Waals surface area contributed by atoms with E-state index < -0.39 is 0 Å². The van der Waals surface area contributed by atoms with E-state index in [1.165, 1.54) is 22.2 Å². The molecule has 0 saturated heterocycles. The predicted molar refractivity (Wildman–Crippen MR) is 83.6 cm³/mol. The van der Waals surface area contributed by atoms with E-state index in [2.05, 4.69) is 61.1 Å². The molecule has 0 aliphatic rings. The molecule has 0 aliphatic carbocycles. The van der Waals surface area contributed by atoms with Crippen molar-refractivity contribution in [3.63, 3.8) is 0 Å². The number of fused-ring (bicyclic) bond motifs is 1. The number of likely N-dealkylation sites (N-methyl/N-ethyl adjacent to an activating group) is 1. The number of hydrogen-bond donors (Lipinski definition) is 1. The minimum Gasteiger partial charge on any atom is -0.358 e. The van der Waals surface area contributed by atoms with Crippen molar-refractivity contribution in [3.8, 4) is 6.07 Å². The Balaban J connectivity index is 2.02. The molecule has 0 radical (unpaired) electrons. The van der Waals surface area contributed by atoms with E-state index in [1.807, 2.05) is 0 Å². The molecule has 1 atom stereocenters. The van der Waals surface area contributed by atoms with Crippen LogP contribution < -0.4 is 0 Å². The van der Waals surface area contributed by atoms with Crippen molar-refractivity contribution in [1.29, 1.82) is 5.26 Å². The Morgan fingerprint density at radius 1 is 1.35 bits per heavy atom. The minimum absolute atomic E-state index is 0.143. The summed E-state index contributed by atoms with van der Waals surface area (Å²) in [6.45, 7) is 6.06. The SMILES string of the molecule is CCC(C#N)CN(C)CCc1c(C)[nH]c2ccccc12. The van der Waals surface area contributed by atoms with E-state index in [-0.39, 0.29) is 5.92 Å². The zero-order valence-corrected chi connectivity index (χ0v) is 12.6. The first-order chi connectivity index (χ1) is 9.65. The van der Waals surface area contributed by atoms with Gasteiger partial charge in [0.05, 0.1) is 12.0 Å². The van der Waals surface area contributed by atoms with Gasteiger partial charge in [-0.2, -0.15) is 5.26 Å². The molecule has 0 amide bonds. The first-order valence-electron chi connectivity index (χ1n) is 7.30. The first-order valence-corrected chi connectivity index (χ1v) is 7.30. The summed E-state index contributed by atoms with van der Waals surface area (Å²) < 4.78 is 0. The van der Waals surface area contributed by atoms with Gasteiger partial charge in [0.15, 0.2) is 0 Å². The highest BCUT2D eigenvalue weighted by atomic mass is 15.1. The second kappa shape index (κ2) is 6.58. The zero-order chi connectivity index (χ0) is 14.5. The Bertz CT molecular complexity index is 606. The van der Waals surface area contributed by atoms with Gasteiger partial charge in [-0.3, -0.25) is 0 Å². The number of benzene rings is 1. The quantitative estimate of drug-likeness (QED) is 0.872. The van der Waals surface area contributed by atoms with E-state index in [0.717, 1.165) is 25.9 Å². The van der Waals surface area contributed by atoms with Crippen molar-refractivity contribution in [2.75, 3.05) is 20.1 Å². The maximum Gasteiger partial charge on any atom is 0.0669 e. The van der Waals surface area contributed by atoms with Crippen molar-refractivity contribution in [2.24, 2.45) is 5.92 Å². The summed E-state index contributed by atoms with van der Waals surface area (Å²) >= 11 is 0. The fraction of sp³-hybridized carbons (Fsp3) is 0.471. The molecule has 2 rings (SSSR count). The van der Waals surface area contributed by atoms with Gasteiger partial charge < -0.3 is 9.88 Å². The standard InChI is InChI=1S/C17H23N3/c1-4-14(11-18)12-20(3)10-9-15-13(2)19-17-8-6-5-7-16(15)17/h5-8,14,19H,4,9-10,12H2,1-3H3. The molecule has 1 heterocycles. The number of hydrogen-bond acceptors (Lipinski definition) is 2. The summed E-state index contributed by atoms with van der Waals surface area (Å²) in [5.74, 6) is 0.143. The molecule has 1 unspecified atom stereocenters. The zero-order valence-electron chi connectivity index (χ0n) is 12.6. The van der Waals surface area contributed by atoms with Crippen molar-refractivity contribution in [2.45, 2.75) is 26.7 Å². The number of nitriles is 1. The molecule has 1 aromatic heterocycles. The Hall–Kier alpha value is -1.79. The number of nitrogens with zero attached hydrogens (tertiary/aromatic N) is 2. The minimum atomic E-state index is 0.143. The normalized spacial score (nSPS) is 12.8. The number of H-pyrrole nitrogens is 1. The van der Waals surface area contributed by atoms with E-state index in [0.29, 0.717) is 0 Å². The van der Waals surface area contributed by atoms with Crippen molar-refractivity contribution in [3.05, 3.63) is 35.5 Å². The Kier molecular flexibility index (Phi) is 4.81.